The van der Waals surface area contributed by atoms with Gasteiger partial charge in [-0.05, 0) is 24.7 Å². The summed E-state index contributed by atoms with van der Waals surface area (Å²) in [5.74, 6) is 0.313. The summed E-state index contributed by atoms with van der Waals surface area (Å²) in [6.45, 7) is 3.54. The van der Waals surface area contributed by atoms with E-state index in [4.69, 9.17) is 10.9 Å². The molecule has 1 aromatic carbocycles. The Kier molecular flexibility index (Phi) is 5.44. The van der Waals surface area contributed by atoms with Gasteiger partial charge in [-0.3, -0.25) is 0 Å². The molecule has 1 atom stereocenters. The number of amidine groups is 1. The first-order chi connectivity index (χ1) is 8.02. The van der Waals surface area contributed by atoms with E-state index in [-0.39, 0.29) is 11.8 Å². The third-order valence-electron chi connectivity index (χ3n) is 2.57. The fourth-order valence-electron chi connectivity index (χ4n) is 1.63. The van der Waals surface area contributed by atoms with Crippen LogP contribution in [0.3, 0.4) is 0 Å². The van der Waals surface area contributed by atoms with Crippen molar-refractivity contribution in [2.24, 2.45) is 16.8 Å². The van der Waals surface area contributed by atoms with Crippen molar-refractivity contribution >= 4 is 21.8 Å². The van der Waals surface area contributed by atoms with Gasteiger partial charge in [-0.25, -0.2) is 0 Å². The Bertz CT molecular complexity index is 378. The number of nitrogens with two attached hydrogens (primary N) is 1. The van der Waals surface area contributed by atoms with E-state index < -0.39 is 0 Å². The maximum Gasteiger partial charge on any atom is 0.143 e. The minimum Gasteiger partial charge on any atom is -0.409 e. The lowest BCUT2D eigenvalue weighted by Gasteiger charge is -2.20. The largest absolute Gasteiger partial charge is 0.409 e. The zero-order valence-electron chi connectivity index (χ0n) is 10.1. The number of oxime groups is 1. The van der Waals surface area contributed by atoms with E-state index in [1.807, 2.05) is 26.1 Å². The third-order valence-corrected chi connectivity index (χ3v) is 3.10. The molecular formula is C12H18BrN3O. The van der Waals surface area contributed by atoms with E-state index in [1.54, 1.807) is 0 Å². The Labute approximate surface area is 110 Å². The molecule has 1 unspecified atom stereocenters. The van der Waals surface area contributed by atoms with Crippen LogP contribution in [0.2, 0.25) is 0 Å². The van der Waals surface area contributed by atoms with Gasteiger partial charge < -0.3 is 15.8 Å². The van der Waals surface area contributed by atoms with Crippen LogP contribution in [0.25, 0.3) is 0 Å². The molecule has 0 spiro atoms. The smallest absolute Gasteiger partial charge is 0.143 e. The molecule has 0 amide bonds. The summed E-state index contributed by atoms with van der Waals surface area (Å²) in [5, 5.41) is 11.6. The second-order valence-corrected chi connectivity index (χ2v) is 5.16. The first-order valence-corrected chi connectivity index (χ1v) is 6.22. The summed E-state index contributed by atoms with van der Waals surface area (Å²) in [6.07, 6.45) is 0. The molecule has 5 heteroatoms. The average molecular weight is 300 g/mol. The van der Waals surface area contributed by atoms with Crippen LogP contribution in [0.1, 0.15) is 12.5 Å². The van der Waals surface area contributed by atoms with Gasteiger partial charge in [0.05, 0.1) is 0 Å². The maximum absolute atomic E-state index is 8.58. The highest BCUT2D eigenvalue weighted by Gasteiger charge is 2.10. The Morgan fingerprint density at radius 2 is 2.06 bits per heavy atom. The van der Waals surface area contributed by atoms with E-state index in [0.29, 0.717) is 0 Å². The first kappa shape index (κ1) is 14.0. The van der Waals surface area contributed by atoms with Crippen molar-refractivity contribution in [1.82, 2.24) is 4.90 Å². The standard InChI is InChI=1S/C12H18BrN3O/c1-9(12(14)15-17)7-16(2)8-10-3-5-11(13)6-4-10/h3-6,9,17H,7-8H2,1-2H3,(H2,14,15). The third kappa shape index (κ3) is 4.75. The summed E-state index contributed by atoms with van der Waals surface area (Å²) >= 11 is 3.41. The van der Waals surface area contributed by atoms with Crippen molar-refractivity contribution in [1.29, 1.82) is 0 Å². The summed E-state index contributed by atoms with van der Waals surface area (Å²) in [7, 11) is 2.02. The van der Waals surface area contributed by atoms with Crippen molar-refractivity contribution in [2.75, 3.05) is 13.6 Å². The van der Waals surface area contributed by atoms with Gasteiger partial charge in [-0.15, -0.1) is 0 Å². The molecule has 0 saturated carbocycles. The first-order valence-electron chi connectivity index (χ1n) is 5.43. The van der Waals surface area contributed by atoms with E-state index >= 15 is 0 Å². The molecule has 4 nitrogen and oxygen atoms in total. The SMILES string of the molecule is CC(CN(C)Cc1ccc(Br)cc1)/C(N)=N/O. The summed E-state index contributed by atoms with van der Waals surface area (Å²) in [6, 6.07) is 8.20. The number of hydrogen-bond acceptors (Lipinski definition) is 3. The minimum absolute atomic E-state index is 0.0421. The number of halogens is 1. The normalized spacial score (nSPS) is 14.0. The molecule has 94 valence electrons. The van der Waals surface area contributed by atoms with Crippen LogP contribution in [-0.4, -0.2) is 29.5 Å². The predicted molar refractivity (Wildman–Crippen MR) is 73.0 cm³/mol. The Morgan fingerprint density at radius 1 is 1.47 bits per heavy atom. The topological polar surface area (TPSA) is 61.8 Å². The van der Waals surface area contributed by atoms with Crippen LogP contribution < -0.4 is 5.73 Å². The van der Waals surface area contributed by atoms with E-state index in [9.17, 15) is 0 Å². The number of hydrogen-bond donors (Lipinski definition) is 2. The molecule has 0 aliphatic heterocycles. The van der Waals surface area contributed by atoms with Crippen LogP contribution in [0.15, 0.2) is 33.9 Å². The fraction of sp³-hybridized carbons (Fsp3) is 0.417. The van der Waals surface area contributed by atoms with Crippen LogP contribution in [-0.2, 0) is 6.54 Å². The zero-order chi connectivity index (χ0) is 12.8. The van der Waals surface area contributed by atoms with Gasteiger partial charge in [0.2, 0.25) is 0 Å². The molecule has 0 aromatic heterocycles. The van der Waals surface area contributed by atoms with Gasteiger partial charge in [0, 0.05) is 23.5 Å². The number of nitrogens with zero attached hydrogens (tertiary/aromatic N) is 2. The molecule has 1 aromatic rings. The van der Waals surface area contributed by atoms with Gasteiger partial charge in [-0.2, -0.15) is 0 Å². The van der Waals surface area contributed by atoms with Gasteiger partial charge in [0.1, 0.15) is 5.84 Å². The molecule has 3 N–H and O–H groups in total. The molecule has 17 heavy (non-hydrogen) atoms. The van der Waals surface area contributed by atoms with E-state index in [2.05, 4.69) is 38.1 Å². The number of benzene rings is 1. The average Bonchev–Trinajstić information content (AvgIpc) is 2.30. The van der Waals surface area contributed by atoms with Crippen molar-refractivity contribution in [3.8, 4) is 0 Å². The lowest BCUT2D eigenvalue weighted by atomic mass is 10.1. The second kappa shape index (κ2) is 6.61. The van der Waals surface area contributed by atoms with Crippen molar-refractivity contribution < 1.29 is 5.21 Å². The molecule has 0 fully saturated rings. The summed E-state index contributed by atoms with van der Waals surface area (Å²) in [4.78, 5) is 2.14. The lowest BCUT2D eigenvalue weighted by Crippen LogP contribution is -2.32. The highest BCUT2D eigenvalue weighted by atomic mass is 79.9. The Hall–Kier alpha value is -1.07. The highest BCUT2D eigenvalue weighted by molar-refractivity contribution is 9.10. The Morgan fingerprint density at radius 3 is 2.59 bits per heavy atom. The highest BCUT2D eigenvalue weighted by Crippen LogP contribution is 2.12. The van der Waals surface area contributed by atoms with Crippen molar-refractivity contribution in [2.45, 2.75) is 13.5 Å². The predicted octanol–water partition coefficient (Wildman–Crippen LogP) is 2.26. The van der Waals surface area contributed by atoms with E-state index in [0.717, 1.165) is 17.6 Å². The molecule has 1 rings (SSSR count). The molecule has 0 saturated heterocycles. The number of rotatable bonds is 5. The van der Waals surface area contributed by atoms with Crippen LogP contribution in [0.5, 0.6) is 0 Å². The monoisotopic (exact) mass is 299 g/mol. The van der Waals surface area contributed by atoms with Crippen LogP contribution in [0.4, 0.5) is 0 Å². The van der Waals surface area contributed by atoms with Gasteiger partial charge in [0.15, 0.2) is 0 Å². The summed E-state index contributed by atoms with van der Waals surface area (Å²) in [5.41, 5.74) is 6.78. The second-order valence-electron chi connectivity index (χ2n) is 4.25. The fourth-order valence-corrected chi connectivity index (χ4v) is 1.89. The van der Waals surface area contributed by atoms with Crippen LogP contribution in [0, 0.1) is 5.92 Å². The minimum atomic E-state index is 0.0421. The quantitative estimate of drug-likeness (QED) is 0.379. The molecule has 0 radical (unpaired) electrons. The van der Waals surface area contributed by atoms with Gasteiger partial charge in [-0.1, -0.05) is 40.1 Å². The molecule has 0 heterocycles. The molecular weight excluding hydrogens is 282 g/mol. The molecule has 0 bridgehead atoms. The van der Waals surface area contributed by atoms with Crippen molar-refractivity contribution in [3.63, 3.8) is 0 Å². The zero-order valence-corrected chi connectivity index (χ0v) is 11.7. The Balaban J connectivity index is 2.49. The van der Waals surface area contributed by atoms with Crippen molar-refractivity contribution in [3.05, 3.63) is 34.3 Å². The summed E-state index contributed by atoms with van der Waals surface area (Å²) < 4.78 is 1.08. The molecule has 0 aliphatic rings. The van der Waals surface area contributed by atoms with Gasteiger partial charge >= 0.3 is 0 Å². The molecule has 0 aliphatic carbocycles. The van der Waals surface area contributed by atoms with E-state index in [1.165, 1.54) is 5.56 Å². The van der Waals surface area contributed by atoms with Crippen LogP contribution >= 0.6 is 15.9 Å². The lowest BCUT2D eigenvalue weighted by molar-refractivity contribution is 0.290. The van der Waals surface area contributed by atoms with Gasteiger partial charge in [0.25, 0.3) is 0 Å². The maximum atomic E-state index is 8.58.